The summed E-state index contributed by atoms with van der Waals surface area (Å²) in [5, 5.41) is 1.81. The number of hydrogen-bond donors (Lipinski definition) is 0. The van der Waals surface area contributed by atoms with E-state index in [2.05, 4.69) is 29.5 Å². The molecular weight excluding hydrogens is 313 g/mol. The van der Waals surface area contributed by atoms with Gasteiger partial charge in [0, 0.05) is 18.1 Å². The number of pyridine rings is 1. The second-order valence-corrected chi connectivity index (χ2v) is 4.79. The monoisotopic (exact) mass is 329 g/mol. The number of halogens is 1. The number of benzene rings is 1. The first-order valence-electron chi connectivity index (χ1n) is 5.38. The molecule has 0 fully saturated rings. The molecule has 0 aliphatic rings. The van der Waals surface area contributed by atoms with Crippen LogP contribution in [0, 0.1) is 0 Å². The summed E-state index contributed by atoms with van der Waals surface area (Å²) < 4.78 is 2.93. The van der Waals surface area contributed by atoms with Crippen LogP contribution in [0.3, 0.4) is 0 Å². The largest absolute Gasteiger partial charge is 0.315 e. The van der Waals surface area contributed by atoms with Gasteiger partial charge in [0.1, 0.15) is 0 Å². The summed E-state index contributed by atoms with van der Waals surface area (Å²) in [4.78, 5) is 11.7. The van der Waals surface area contributed by atoms with Crippen molar-refractivity contribution < 1.29 is 0 Å². The molecule has 0 atom stereocenters. The highest BCUT2D eigenvalue weighted by Gasteiger charge is 1.98. The Balaban J connectivity index is 0.000000386. The van der Waals surface area contributed by atoms with E-state index < -0.39 is 0 Å². The lowest BCUT2D eigenvalue weighted by Gasteiger charge is -2.02. The molecule has 0 aliphatic carbocycles. The van der Waals surface area contributed by atoms with Crippen molar-refractivity contribution in [3.8, 4) is 0 Å². The van der Waals surface area contributed by atoms with Crippen LogP contribution < -0.4 is 5.56 Å². The highest BCUT2D eigenvalue weighted by molar-refractivity contribution is 14.1. The van der Waals surface area contributed by atoms with Crippen LogP contribution in [0.4, 0.5) is 0 Å². The van der Waals surface area contributed by atoms with Gasteiger partial charge in [0.05, 0.1) is 0 Å². The molecule has 86 valence electrons. The van der Waals surface area contributed by atoms with Gasteiger partial charge in [-0.2, -0.15) is 0 Å². The molecule has 1 aromatic heterocycles. The van der Waals surface area contributed by atoms with E-state index in [0.29, 0.717) is 0 Å². The zero-order valence-corrected chi connectivity index (χ0v) is 11.8. The van der Waals surface area contributed by atoms with E-state index in [4.69, 9.17) is 0 Å². The summed E-state index contributed by atoms with van der Waals surface area (Å²) in [7, 11) is 0. The molecule has 0 saturated heterocycles. The lowest BCUT2D eigenvalue weighted by atomic mass is 10.2. The van der Waals surface area contributed by atoms with E-state index in [1.54, 1.807) is 4.57 Å². The van der Waals surface area contributed by atoms with E-state index in [-0.39, 0.29) is 5.56 Å². The molecule has 2 nitrogen and oxygen atoms in total. The first-order valence-corrected chi connectivity index (χ1v) is 6.91. The normalized spacial score (nSPS) is 9.69. The Labute approximate surface area is 109 Å². The highest BCUT2D eigenvalue weighted by Crippen LogP contribution is 2.07. The van der Waals surface area contributed by atoms with Crippen molar-refractivity contribution in [1.82, 2.24) is 4.57 Å². The van der Waals surface area contributed by atoms with Crippen LogP contribution in [0.15, 0.2) is 41.3 Å². The molecular formula is C13H16INO. The number of aromatic nitrogens is 1. The predicted molar refractivity (Wildman–Crippen MR) is 78.4 cm³/mol. The third kappa shape index (κ3) is 3.07. The Bertz CT molecular complexity index is 505. The van der Waals surface area contributed by atoms with Crippen molar-refractivity contribution in [2.45, 2.75) is 20.4 Å². The smallest absolute Gasteiger partial charge is 0.258 e. The number of nitrogens with zero attached hydrogens (tertiary/aromatic N) is 1. The minimum Gasteiger partial charge on any atom is -0.315 e. The maximum Gasteiger partial charge on any atom is 0.258 e. The topological polar surface area (TPSA) is 22.0 Å². The molecule has 0 bridgehead atoms. The van der Waals surface area contributed by atoms with Crippen LogP contribution in [-0.4, -0.2) is 8.99 Å². The van der Waals surface area contributed by atoms with Crippen molar-refractivity contribution in [3.05, 3.63) is 46.9 Å². The van der Waals surface area contributed by atoms with Crippen molar-refractivity contribution in [3.63, 3.8) is 0 Å². The summed E-state index contributed by atoms with van der Waals surface area (Å²) in [6, 6.07) is 9.63. The first-order chi connectivity index (χ1) is 7.74. The van der Waals surface area contributed by atoms with E-state index in [9.17, 15) is 4.79 Å². The molecule has 1 aromatic carbocycles. The lowest BCUT2D eigenvalue weighted by Crippen LogP contribution is -2.17. The Morgan fingerprint density at radius 2 is 1.81 bits per heavy atom. The van der Waals surface area contributed by atoms with E-state index in [1.807, 2.05) is 43.5 Å². The number of alkyl halides is 1. The Kier molecular flexibility index (Phi) is 5.52. The van der Waals surface area contributed by atoms with Crippen LogP contribution in [0.2, 0.25) is 0 Å². The van der Waals surface area contributed by atoms with Gasteiger partial charge in [0.25, 0.3) is 5.56 Å². The van der Waals surface area contributed by atoms with Crippen LogP contribution >= 0.6 is 22.6 Å². The third-order valence-electron chi connectivity index (χ3n) is 2.23. The number of rotatable bonds is 1. The molecule has 2 aromatic rings. The summed E-state index contributed by atoms with van der Waals surface area (Å²) in [6.07, 6.45) is 1.84. The summed E-state index contributed by atoms with van der Waals surface area (Å²) in [6.45, 7) is 4.81. The Hall–Kier alpha value is -0.840. The van der Waals surface area contributed by atoms with E-state index >= 15 is 0 Å². The summed E-state index contributed by atoms with van der Waals surface area (Å²) >= 11 is 2.29. The molecule has 0 radical (unpaired) electrons. The summed E-state index contributed by atoms with van der Waals surface area (Å²) in [5.74, 6) is 0. The molecule has 0 amide bonds. The van der Waals surface area contributed by atoms with Gasteiger partial charge in [-0.3, -0.25) is 4.79 Å². The zero-order valence-electron chi connectivity index (χ0n) is 9.61. The Morgan fingerprint density at radius 1 is 1.19 bits per heavy atom. The van der Waals surface area contributed by atoms with Crippen LogP contribution in [-0.2, 0) is 6.54 Å². The van der Waals surface area contributed by atoms with Crippen molar-refractivity contribution in [2.24, 2.45) is 0 Å². The van der Waals surface area contributed by atoms with Gasteiger partial charge >= 0.3 is 0 Å². The molecule has 1 heterocycles. The van der Waals surface area contributed by atoms with Crippen molar-refractivity contribution >= 4 is 33.4 Å². The van der Waals surface area contributed by atoms with Crippen molar-refractivity contribution in [2.75, 3.05) is 4.43 Å². The zero-order chi connectivity index (χ0) is 12.0. The third-order valence-corrected chi connectivity index (χ3v) is 2.23. The fourth-order valence-electron chi connectivity index (χ4n) is 1.48. The molecule has 0 unspecified atom stereocenters. The molecule has 2 rings (SSSR count). The van der Waals surface area contributed by atoms with Gasteiger partial charge in [-0.05, 0) is 28.9 Å². The van der Waals surface area contributed by atoms with Gasteiger partial charge in [0.2, 0.25) is 0 Å². The van der Waals surface area contributed by atoms with Crippen LogP contribution in [0.1, 0.15) is 13.8 Å². The quantitative estimate of drug-likeness (QED) is 0.580. The first kappa shape index (κ1) is 13.2. The van der Waals surface area contributed by atoms with E-state index in [1.165, 1.54) is 4.43 Å². The molecule has 0 N–H and O–H groups in total. The second-order valence-electron chi connectivity index (χ2n) is 3.26. The molecule has 0 spiro atoms. The lowest BCUT2D eigenvalue weighted by molar-refractivity contribution is 0.735. The van der Waals surface area contributed by atoms with Gasteiger partial charge in [0.15, 0.2) is 0 Å². The van der Waals surface area contributed by atoms with Crippen LogP contribution in [0.25, 0.3) is 10.8 Å². The fraction of sp³-hybridized carbons (Fsp3) is 0.308. The van der Waals surface area contributed by atoms with Gasteiger partial charge in [-0.15, -0.1) is 0 Å². The number of hydrogen-bond acceptors (Lipinski definition) is 1. The van der Waals surface area contributed by atoms with Crippen LogP contribution in [0.5, 0.6) is 0 Å². The molecule has 3 heteroatoms. The van der Waals surface area contributed by atoms with Crippen molar-refractivity contribution in [1.29, 1.82) is 0 Å². The number of fused-ring (bicyclic) bond motifs is 1. The molecule has 0 aliphatic heterocycles. The SMILES string of the molecule is CCI.CCn1ccc2ccccc2c1=O. The van der Waals surface area contributed by atoms with Gasteiger partial charge < -0.3 is 4.57 Å². The highest BCUT2D eigenvalue weighted by atomic mass is 127. The molecule has 16 heavy (non-hydrogen) atoms. The average Bonchev–Trinajstić information content (AvgIpc) is 2.31. The summed E-state index contributed by atoms with van der Waals surface area (Å²) in [5.41, 5.74) is 0.0978. The minimum atomic E-state index is 0.0978. The maximum absolute atomic E-state index is 11.7. The number of aryl methyl sites for hydroxylation is 1. The second kappa shape index (κ2) is 6.68. The van der Waals surface area contributed by atoms with Gasteiger partial charge in [-0.1, -0.05) is 47.7 Å². The minimum absolute atomic E-state index is 0.0978. The van der Waals surface area contributed by atoms with Gasteiger partial charge in [-0.25, -0.2) is 0 Å². The van der Waals surface area contributed by atoms with E-state index in [0.717, 1.165) is 17.3 Å². The Morgan fingerprint density at radius 3 is 2.44 bits per heavy atom. The predicted octanol–water partition coefficient (Wildman–Crippen LogP) is 3.46. The average molecular weight is 329 g/mol. The molecule has 0 saturated carbocycles. The standard InChI is InChI=1S/C11H11NO.C2H5I/c1-2-12-8-7-9-5-3-4-6-10(9)11(12)13;1-2-3/h3-8H,2H2,1H3;2H2,1H3. The fourth-order valence-corrected chi connectivity index (χ4v) is 1.48. The maximum atomic E-state index is 11.7.